The number of hydrogen-bond donors (Lipinski definition) is 3. The summed E-state index contributed by atoms with van der Waals surface area (Å²) in [6.45, 7) is 6.77. The molecule has 0 saturated carbocycles. The van der Waals surface area contributed by atoms with Crippen molar-refractivity contribution in [2.24, 2.45) is 5.92 Å². The van der Waals surface area contributed by atoms with Crippen molar-refractivity contribution in [2.75, 3.05) is 42.8 Å². The van der Waals surface area contributed by atoms with Crippen LogP contribution in [0, 0.1) is 5.92 Å². The van der Waals surface area contributed by atoms with Crippen molar-refractivity contribution in [3.63, 3.8) is 0 Å². The second kappa shape index (κ2) is 11.4. The monoisotopic (exact) mass is 527 g/mol. The number of benzene rings is 2. The van der Waals surface area contributed by atoms with Gasteiger partial charge in [0.15, 0.2) is 0 Å². The van der Waals surface area contributed by atoms with Crippen molar-refractivity contribution in [3.05, 3.63) is 78.1 Å². The average molecular weight is 528 g/mol. The van der Waals surface area contributed by atoms with Crippen LogP contribution in [-0.4, -0.2) is 48.0 Å². The Hall–Kier alpha value is -4.04. The molecule has 3 N–H and O–H groups in total. The Morgan fingerprint density at radius 1 is 0.974 bits per heavy atom. The molecule has 0 spiro atoms. The maximum absolute atomic E-state index is 10.3. The van der Waals surface area contributed by atoms with Gasteiger partial charge in [-0.25, -0.2) is 9.97 Å². The topological polar surface area (TPSA) is 91.8 Å². The molecule has 4 aromatic rings. The van der Waals surface area contributed by atoms with Gasteiger partial charge in [0.2, 0.25) is 0 Å². The maximum Gasteiger partial charge on any atom is 0.134 e. The Balaban J connectivity index is 1.25. The summed E-state index contributed by atoms with van der Waals surface area (Å²) in [4.78, 5) is 11.6. The van der Waals surface area contributed by atoms with Gasteiger partial charge in [-0.3, -0.25) is 0 Å². The Bertz CT molecular complexity index is 1420. The highest BCUT2D eigenvalue weighted by molar-refractivity contribution is 5.99. The molecule has 204 valence electrons. The second-order valence-electron chi connectivity index (χ2n) is 10.6. The van der Waals surface area contributed by atoms with Gasteiger partial charge in [0.05, 0.1) is 19.8 Å². The molecule has 8 nitrogen and oxygen atoms in total. The van der Waals surface area contributed by atoms with E-state index >= 15 is 0 Å². The van der Waals surface area contributed by atoms with Gasteiger partial charge in [0.25, 0.3) is 0 Å². The summed E-state index contributed by atoms with van der Waals surface area (Å²) >= 11 is 0. The minimum absolute atomic E-state index is 0.263. The molecule has 1 aliphatic rings. The minimum Gasteiger partial charge on any atom is -0.497 e. The first-order valence-electron chi connectivity index (χ1n) is 13.3. The molecule has 0 bridgehead atoms. The van der Waals surface area contributed by atoms with Crippen LogP contribution in [0.4, 0.5) is 17.3 Å². The summed E-state index contributed by atoms with van der Waals surface area (Å²) in [7, 11) is 3.31. The minimum atomic E-state index is -0.662. The van der Waals surface area contributed by atoms with Crippen LogP contribution in [0.5, 0.6) is 11.5 Å². The molecule has 8 heteroatoms. The standard InChI is InChI=1S/C31H37N5O3/c1-31(2,37)23-13-15-36(20-23)29-11-8-21(18-34-29)17-33-27-7-5-6-26-25(27)12-14-32-30(26)35-19-22-9-10-24(38-3)16-28(22)39-4/h5-12,14,16,18,23,33,37H,13,15,17,19-20H2,1-4H3,(H,32,35)/t23-/m0/s1. The third kappa shape index (κ3) is 6.01. The first kappa shape index (κ1) is 26.6. The van der Waals surface area contributed by atoms with Crippen LogP contribution in [0.25, 0.3) is 10.8 Å². The van der Waals surface area contributed by atoms with Gasteiger partial charge in [0, 0.05) is 72.6 Å². The quantitative estimate of drug-likeness (QED) is 0.250. The molecule has 3 heterocycles. The second-order valence-corrected chi connectivity index (χ2v) is 10.6. The molecule has 1 atom stereocenters. The lowest BCUT2D eigenvalue weighted by molar-refractivity contribution is 0.0263. The number of aliphatic hydroxyl groups is 1. The highest BCUT2D eigenvalue weighted by Crippen LogP contribution is 2.31. The Morgan fingerprint density at radius 2 is 1.85 bits per heavy atom. The molecule has 1 saturated heterocycles. The van der Waals surface area contributed by atoms with E-state index in [0.29, 0.717) is 13.1 Å². The van der Waals surface area contributed by atoms with Crippen molar-refractivity contribution in [1.29, 1.82) is 0 Å². The smallest absolute Gasteiger partial charge is 0.134 e. The van der Waals surface area contributed by atoms with Gasteiger partial charge >= 0.3 is 0 Å². The zero-order chi connectivity index (χ0) is 27.4. The number of aromatic nitrogens is 2. The number of fused-ring (bicyclic) bond motifs is 1. The Labute approximate surface area is 230 Å². The third-order valence-corrected chi connectivity index (χ3v) is 7.55. The van der Waals surface area contributed by atoms with E-state index in [-0.39, 0.29) is 5.92 Å². The molecule has 0 radical (unpaired) electrons. The number of nitrogens with one attached hydrogen (secondary N) is 2. The van der Waals surface area contributed by atoms with E-state index in [2.05, 4.69) is 44.8 Å². The number of methoxy groups -OCH3 is 2. The van der Waals surface area contributed by atoms with E-state index in [1.54, 1.807) is 14.2 Å². The van der Waals surface area contributed by atoms with Crippen LogP contribution in [-0.2, 0) is 13.1 Å². The fourth-order valence-electron chi connectivity index (χ4n) is 5.13. The predicted octanol–water partition coefficient (Wildman–Crippen LogP) is 5.47. The molecular weight excluding hydrogens is 490 g/mol. The lowest BCUT2D eigenvalue weighted by Crippen LogP contribution is -2.33. The molecule has 39 heavy (non-hydrogen) atoms. The van der Waals surface area contributed by atoms with E-state index in [1.165, 1.54) is 0 Å². The van der Waals surface area contributed by atoms with Crippen LogP contribution < -0.4 is 25.0 Å². The van der Waals surface area contributed by atoms with E-state index in [1.807, 2.05) is 56.6 Å². The van der Waals surface area contributed by atoms with Gasteiger partial charge in [0.1, 0.15) is 23.1 Å². The molecule has 0 amide bonds. The molecule has 0 aliphatic carbocycles. The van der Waals surface area contributed by atoms with Crippen molar-refractivity contribution < 1.29 is 14.6 Å². The van der Waals surface area contributed by atoms with Gasteiger partial charge in [-0.2, -0.15) is 0 Å². The highest BCUT2D eigenvalue weighted by Gasteiger charge is 2.33. The first-order chi connectivity index (χ1) is 18.9. The van der Waals surface area contributed by atoms with Gasteiger partial charge in [-0.15, -0.1) is 0 Å². The molecular formula is C31H37N5O3. The van der Waals surface area contributed by atoms with Crippen LogP contribution in [0.2, 0.25) is 0 Å². The lowest BCUT2D eigenvalue weighted by atomic mass is 9.90. The largest absolute Gasteiger partial charge is 0.497 e. The zero-order valence-electron chi connectivity index (χ0n) is 23.1. The fourth-order valence-corrected chi connectivity index (χ4v) is 5.13. The number of anilines is 3. The maximum atomic E-state index is 10.3. The average Bonchev–Trinajstić information content (AvgIpc) is 3.46. The first-order valence-corrected chi connectivity index (χ1v) is 13.3. The highest BCUT2D eigenvalue weighted by atomic mass is 16.5. The Morgan fingerprint density at radius 3 is 2.56 bits per heavy atom. The van der Waals surface area contributed by atoms with Crippen LogP contribution in [0.1, 0.15) is 31.4 Å². The summed E-state index contributed by atoms with van der Waals surface area (Å²) in [6.07, 6.45) is 4.74. The van der Waals surface area contributed by atoms with E-state index in [0.717, 1.165) is 70.2 Å². The third-order valence-electron chi connectivity index (χ3n) is 7.55. The fraction of sp³-hybridized carbons (Fsp3) is 0.355. The van der Waals surface area contributed by atoms with Crippen LogP contribution >= 0.6 is 0 Å². The summed E-state index contributed by atoms with van der Waals surface area (Å²) in [6, 6.07) is 18.2. The molecule has 1 aliphatic heterocycles. The SMILES string of the molecule is COc1ccc(CNc2nccc3c(NCc4ccc(N5CC[C@H](C(C)(C)O)C5)nc4)cccc23)c(OC)c1. The van der Waals surface area contributed by atoms with Crippen LogP contribution in [0.3, 0.4) is 0 Å². The van der Waals surface area contributed by atoms with Gasteiger partial charge in [-0.05, 0) is 56.2 Å². The zero-order valence-corrected chi connectivity index (χ0v) is 23.1. The van der Waals surface area contributed by atoms with Gasteiger partial charge in [-0.1, -0.05) is 18.2 Å². The van der Waals surface area contributed by atoms with E-state index in [4.69, 9.17) is 14.5 Å². The van der Waals surface area contributed by atoms with Gasteiger partial charge < -0.3 is 30.1 Å². The van der Waals surface area contributed by atoms with E-state index < -0.39 is 5.60 Å². The summed E-state index contributed by atoms with van der Waals surface area (Å²) in [5.74, 6) is 3.57. The van der Waals surface area contributed by atoms with E-state index in [9.17, 15) is 5.11 Å². The van der Waals surface area contributed by atoms with Crippen LogP contribution in [0.15, 0.2) is 67.0 Å². The molecule has 0 unspecified atom stereocenters. The number of pyridine rings is 2. The number of rotatable bonds is 10. The van der Waals surface area contributed by atoms with Crippen molar-refractivity contribution in [2.45, 2.75) is 39.0 Å². The molecule has 2 aromatic carbocycles. The predicted molar refractivity (Wildman–Crippen MR) is 157 cm³/mol. The summed E-state index contributed by atoms with van der Waals surface area (Å²) in [5, 5.41) is 19.5. The molecule has 2 aromatic heterocycles. The van der Waals surface area contributed by atoms with Crippen molar-refractivity contribution in [3.8, 4) is 11.5 Å². The normalized spacial score (nSPS) is 15.4. The summed E-state index contributed by atoms with van der Waals surface area (Å²) in [5.41, 5.74) is 2.50. The number of hydrogen-bond acceptors (Lipinski definition) is 8. The van der Waals surface area contributed by atoms with Crippen molar-refractivity contribution >= 4 is 28.1 Å². The lowest BCUT2D eigenvalue weighted by Gasteiger charge is -2.26. The molecule has 1 fully saturated rings. The number of ether oxygens (including phenoxy) is 2. The Kier molecular flexibility index (Phi) is 7.74. The number of nitrogens with zero attached hydrogens (tertiary/aromatic N) is 3. The summed E-state index contributed by atoms with van der Waals surface area (Å²) < 4.78 is 10.9. The molecule has 5 rings (SSSR count). The van der Waals surface area contributed by atoms with Crippen molar-refractivity contribution in [1.82, 2.24) is 9.97 Å².